The van der Waals surface area contributed by atoms with Gasteiger partial charge in [-0.2, -0.15) is 5.10 Å². The van der Waals surface area contributed by atoms with Gasteiger partial charge in [-0.3, -0.25) is 19.9 Å². The summed E-state index contributed by atoms with van der Waals surface area (Å²) in [4.78, 5) is 36.1. The second kappa shape index (κ2) is 9.10. The first kappa shape index (κ1) is 21.3. The number of benzene rings is 1. The van der Waals surface area contributed by atoms with E-state index in [1.807, 2.05) is 47.4 Å². The molecule has 0 N–H and O–H groups in total. The quantitative estimate of drug-likeness (QED) is 0.336. The van der Waals surface area contributed by atoms with Crippen molar-refractivity contribution in [2.45, 2.75) is 0 Å². The Labute approximate surface area is 195 Å². The van der Waals surface area contributed by atoms with E-state index in [0.717, 1.165) is 11.3 Å². The smallest absolute Gasteiger partial charge is 0.287 e. The van der Waals surface area contributed by atoms with Gasteiger partial charge in [0.1, 0.15) is 17.7 Å². The molecule has 1 aliphatic rings. The minimum Gasteiger partial charge on any atom is -0.353 e. The number of rotatable bonds is 5. The van der Waals surface area contributed by atoms with Gasteiger partial charge in [-0.25, -0.2) is 9.67 Å². The molecule has 34 heavy (non-hydrogen) atoms. The Kier molecular flexibility index (Phi) is 5.69. The molecule has 0 bridgehead atoms. The minimum absolute atomic E-state index is 0.0454. The predicted octanol–water partition coefficient (Wildman–Crippen LogP) is 3.20. The van der Waals surface area contributed by atoms with E-state index >= 15 is 0 Å². The van der Waals surface area contributed by atoms with Gasteiger partial charge in [0.05, 0.1) is 16.2 Å². The maximum absolute atomic E-state index is 13.5. The normalized spacial score (nSPS) is 13.6. The standard InChI is InChI=1S/C24H21N7O3/c32-24(29-13-11-28(12-14-29)22-9-8-20(16-26-22)31(33)34)21-17-30(19-6-2-1-3-7-19)27-23(21)18-5-4-10-25-15-18/h1-10,15-17H,11-14H2. The van der Waals surface area contributed by atoms with Crippen LogP contribution in [0.2, 0.25) is 0 Å². The zero-order chi connectivity index (χ0) is 23.5. The molecular weight excluding hydrogens is 434 g/mol. The number of nitro groups is 1. The predicted molar refractivity (Wildman–Crippen MR) is 126 cm³/mol. The molecular formula is C24H21N7O3. The van der Waals surface area contributed by atoms with Crippen LogP contribution in [0.1, 0.15) is 10.4 Å². The van der Waals surface area contributed by atoms with Crippen molar-refractivity contribution < 1.29 is 9.72 Å². The molecule has 0 radical (unpaired) electrons. The van der Waals surface area contributed by atoms with Gasteiger partial charge < -0.3 is 9.80 Å². The van der Waals surface area contributed by atoms with Crippen LogP contribution in [0, 0.1) is 10.1 Å². The van der Waals surface area contributed by atoms with E-state index in [9.17, 15) is 14.9 Å². The van der Waals surface area contributed by atoms with Gasteiger partial charge in [0, 0.05) is 56.4 Å². The first-order valence-electron chi connectivity index (χ1n) is 10.8. The molecule has 170 valence electrons. The summed E-state index contributed by atoms with van der Waals surface area (Å²) in [5.41, 5.74) is 2.69. The number of aromatic nitrogens is 4. The van der Waals surface area contributed by atoms with Crippen molar-refractivity contribution in [1.29, 1.82) is 0 Å². The highest BCUT2D eigenvalue weighted by Crippen LogP contribution is 2.25. The summed E-state index contributed by atoms with van der Waals surface area (Å²) in [6.07, 6.45) is 6.41. The van der Waals surface area contributed by atoms with Gasteiger partial charge in [-0.1, -0.05) is 18.2 Å². The van der Waals surface area contributed by atoms with Crippen molar-refractivity contribution in [3.05, 3.63) is 95.1 Å². The number of carbonyl (C=O) groups is 1. The number of anilines is 1. The molecule has 0 spiro atoms. The van der Waals surface area contributed by atoms with Crippen molar-refractivity contribution in [3.63, 3.8) is 0 Å². The Balaban J connectivity index is 1.37. The minimum atomic E-state index is -0.469. The Morgan fingerprint density at radius 1 is 0.941 bits per heavy atom. The van der Waals surface area contributed by atoms with Crippen LogP contribution in [-0.2, 0) is 0 Å². The van der Waals surface area contributed by atoms with Crippen molar-refractivity contribution in [1.82, 2.24) is 24.6 Å². The second-order valence-electron chi connectivity index (χ2n) is 7.82. The number of hydrogen-bond acceptors (Lipinski definition) is 7. The molecule has 0 saturated carbocycles. The molecule has 4 heterocycles. The fourth-order valence-corrected chi connectivity index (χ4v) is 3.94. The molecule has 0 aliphatic carbocycles. The number of pyridine rings is 2. The van der Waals surface area contributed by atoms with Crippen molar-refractivity contribution >= 4 is 17.4 Å². The number of hydrogen-bond donors (Lipinski definition) is 0. The summed E-state index contributed by atoms with van der Waals surface area (Å²) in [7, 11) is 0. The zero-order valence-corrected chi connectivity index (χ0v) is 18.2. The molecule has 1 fully saturated rings. The zero-order valence-electron chi connectivity index (χ0n) is 18.2. The van der Waals surface area contributed by atoms with Crippen LogP contribution in [0.5, 0.6) is 0 Å². The Bertz CT molecular complexity index is 1300. The van der Waals surface area contributed by atoms with Crippen molar-refractivity contribution in [2.75, 3.05) is 31.1 Å². The van der Waals surface area contributed by atoms with Gasteiger partial charge in [0.25, 0.3) is 11.6 Å². The molecule has 1 aromatic carbocycles. The lowest BCUT2D eigenvalue weighted by Crippen LogP contribution is -2.49. The van der Waals surface area contributed by atoms with Crippen LogP contribution in [0.25, 0.3) is 16.9 Å². The number of piperazine rings is 1. The summed E-state index contributed by atoms with van der Waals surface area (Å²) < 4.78 is 1.71. The topological polar surface area (TPSA) is 110 Å². The van der Waals surface area contributed by atoms with Crippen LogP contribution >= 0.6 is 0 Å². The molecule has 1 amide bonds. The molecule has 1 aliphatic heterocycles. The van der Waals surface area contributed by atoms with E-state index in [-0.39, 0.29) is 11.6 Å². The van der Waals surface area contributed by atoms with Gasteiger partial charge in [0.15, 0.2) is 0 Å². The molecule has 4 aromatic rings. The molecule has 3 aromatic heterocycles. The van der Waals surface area contributed by atoms with Gasteiger partial charge in [0.2, 0.25) is 0 Å². The van der Waals surface area contributed by atoms with Crippen LogP contribution in [0.15, 0.2) is 79.4 Å². The molecule has 10 nitrogen and oxygen atoms in total. The second-order valence-corrected chi connectivity index (χ2v) is 7.82. The number of para-hydroxylation sites is 1. The van der Waals surface area contributed by atoms with E-state index in [0.29, 0.717) is 43.3 Å². The van der Waals surface area contributed by atoms with Crippen molar-refractivity contribution in [2.24, 2.45) is 0 Å². The first-order chi connectivity index (χ1) is 16.6. The maximum atomic E-state index is 13.5. The van der Waals surface area contributed by atoms with E-state index < -0.39 is 4.92 Å². The number of nitrogens with zero attached hydrogens (tertiary/aromatic N) is 7. The van der Waals surface area contributed by atoms with Crippen LogP contribution in [0.3, 0.4) is 0 Å². The average molecular weight is 455 g/mol. The Hall–Kier alpha value is -4.60. The third-order valence-corrected chi connectivity index (χ3v) is 5.73. The van der Waals surface area contributed by atoms with Gasteiger partial charge in [-0.05, 0) is 30.3 Å². The first-order valence-corrected chi connectivity index (χ1v) is 10.8. The van der Waals surface area contributed by atoms with E-state index in [1.165, 1.54) is 12.3 Å². The summed E-state index contributed by atoms with van der Waals surface area (Å²) in [5, 5.41) is 15.6. The lowest BCUT2D eigenvalue weighted by atomic mass is 10.1. The highest BCUT2D eigenvalue weighted by Gasteiger charge is 2.27. The lowest BCUT2D eigenvalue weighted by Gasteiger charge is -2.35. The Morgan fingerprint density at radius 2 is 1.74 bits per heavy atom. The van der Waals surface area contributed by atoms with Gasteiger partial charge >= 0.3 is 0 Å². The molecule has 1 saturated heterocycles. The van der Waals surface area contributed by atoms with E-state index in [2.05, 4.69) is 9.97 Å². The van der Waals surface area contributed by atoms with E-state index in [1.54, 1.807) is 34.2 Å². The van der Waals surface area contributed by atoms with Crippen LogP contribution in [0.4, 0.5) is 11.5 Å². The van der Waals surface area contributed by atoms with Crippen LogP contribution in [-0.4, -0.2) is 61.7 Å². The molecule has 0 atom stereocenters. The van der Waals surface area contributed by atoms with E-state index in [4.69, 9.17) is 5.10 Å². The monoisotopic (exact) mass is 455 g/mol. The summed E-state index contributed by atoms with van der Waals surface area (Å²) in [5.74, 6) is 0.558. The summed E-state index contributed by atoms with van der Waals surface area (Å²) in [6.45, 7) is 2.15. The summed E-state index contributed by atoms with van der Waals surface area (Å²) >= 11 is 0. The third kappa shape index (κ3) is 4.20. The highest BCUT2D eigenvalue weighted by molar-refractivity contribution is 6.00. The average Bonchev–Trinajstić information content (AvgIpc) is 3.35. The fourth-order valence-electron chi connectivity index (χ4n) is 3.94. The highest BCUT2D eigenvalue weighted by atomic mass is 16.6. The molecule has 5 rings (SSSR count). The van der Waals surface area contributed by atoms with Crippen LogP contribution < -0.4 is 4.90 Å². The number of carbonyl (C=O) groups excluding carboxylic acids is 1. The van der Waals surface area contributed by atoms with Crippen molar-refractivity contribution in [3.8, 4) is 16.9 Å². The maximum Gasteiger partial charge on any atom is 0.287 e. The number of amides is 1. The molecule has 10 heteroatoms. The Morgan fingerprint density at radius 3 is 2.38 bits per heavy atom. The summed E-state index contributed by atoms with van der Waals surface area (Å²) in [6, 6.07) is 16.4. The third-order valence-electron chi connectivity index (χ3n) is 5.73. The fraction of sp³-hybridized carbons (Fsp3) is 0.167. The lowest BCUT2D eigenvalue weighted by molar-refractivity contribution is -0.385. The SMILES string of the molecule is O=C(c1cn(-c2ccccc2)nc1-c1cccnc1)N1CCN(c2ccc([N+](=O)[O-])cn2)CC1. The molecule has 0 unspecified atom stereocenters. The largest absolute Gasteiger partial charge is 0.353 e. The van der Waals surface area contributed by atoms with Gasteiger partial charge in [-0.15, -0.1) is 0 Å².